The third kappa shape index (κ3) is 3.85. The van der Waals surface area contributed by atoms with Crippen LogP contribution in [0.5, 0.6) is 0 Å². The Labute approximate surface area is 127 Å². The number of carbonyl (C=O) groups excluding carboxylic acids is 1. The van der Waals surface area contributed by atoms with Crippen LogP contribution in [0.2, 0.25) is 10.0 Å². The highest BCUT2D eigenvalue weighted by Crippen LogP contribution is 2.32. The van der Waals surface area contributed by atoms with Gasteiger partial charge >= 0.3 is 0 Å². The van der Waals surface area contributed by atoms with Crippen LogP contribution < -0.4 is 10.5 Å². The second kappa shape index (κ2) is 5.89. The zero-order valence-corrected chi connectivity index (χ0v) is 12.9. The van der Waals surface area contributed by atoms with E-state index in [0.717, 1.165) is 12.5 Å². The molecule has 1 saturated carbocycles. The third-order valence-electron chi connectivity index (χ3n) is 3.09. The van der Waals surface area contributed by atoms with E-state index in [9.17, 15) is 13.2 Å². The first-order chi connectivity index (χ1) is 9.29. The van der Waals surface area contributed by atoms with E-state index in [1.807, 2.05) is 0 Å². The number of benzene rings is 1. The zero-order chi connectivity index (χ0) is 14.9. The summed E-state index contributed by atoms with van der Waals surface area (Å²) in [5.74, 6) is 0.230. The lowest BCUT2D eigenvalue weighted by Gasteiger charge is -2.10. The first-order valence-electron chi connectivity index (χ1n) is 6.09. The first kappa shape index (κ1) is 15.6. The number of rotatable bonds is 5. The van der Waals surface area contributed by atoms with Gasteiger partial charge < -0.3 is 5.32 Å². The number of amides is 1. The standard InChI is InChI=1S/C12H14Cl2N2O3S/c13-8-5-9(11(14)10(6-8)20(15,18)19)12(17)16-4-3-7-1-2-7/h5-7H,1-4H2,(H,16,17)(H2,15,18,19). The number of nitrogens with one attached hydrogen (secondary N) is 1. The summed E-state index contributed by atoms with van der Waals surface area (Å²) in [6.45, 7) is 0.525. The van der Waals surface area contributed by atoms with Crippen molar-refractivity contribution < 1.29 is 13.2 Å². The molecule has 2 rings (SSSR count). The maximum absolute atomic E-state index is 12.0. The molecule has 5 nitrogen and oxygen atoms in total. The molecule has 0 heterocycles. The van der Waals surface area contributed by atoms with Crippen LogP contribution in [0, 0.1) is 5.92 Å². The molecule has 1 aromatic carbocycles. The van der Waals surface area contributed by atoms with Crippen molar-refractivity contribution in [2.75, 3.05) is 6.54 Å². The van der Waals surface area contributed by atoms with Crippen molar-refractivity contribution in [2.24, 2.45) is 11.1 Å². The Hall–Kier alpha value is -0.820. The molecule has 1 aromatic rings. The number of hydrogen-bond acceptors (Lipinski definition) is 3. The van der Waals surface area contributed by atoms with E-state index in [1.165, 1.54) is 18.9 Å². The van der Waals surface area contributed by atoms with Crippen LogP contribution in [0.4, 0.5) is 0 Å². The van der Waals surface area contributed by atoms with E-state index < -0.39 is 15.9 Å². The van der Waals surface area contributed by atoms with E-state index in [-0.39, 0.29) is 20.5 Å². The summed E-state index contributed by atoms with van der Waals surface area (Å²) in [6.07, 6.45) is 3.30. The topological polar surface area (TPSA) is 89.3 Å². The molecule has 0 aliphatic heterocycles. The Kier molecular flexibility index (Phi) is 4.59. The number of nitrogens with two attached hydrogens (primary N) is 1. The van der Waals surface area contributed by atoms with Crippen molar-refractivity contribution in [1.82, 2.24) is 5.32 Å². The van der Waals surface area contributed by atoms with E-state index in [0.29, 0.717) is 12.5 Å². The van der Waals surface area contributed by atoms with Gasteiger partial charge in [-0.15, -0.1) is 0 Å². The van der Waals surface area contributed by atoms with Gasteiger partial charge in [-0.3, -0.25) is 4.79 Å². The van der Waals surface area contributed by atoms with Gasteiger partial charge in [0.15, 0.2) is 0 Å². The molecule has 0 aromatic heterocycles. The van der Waals surface area contributed by atoms with E-state index in [1.54, 1.807) is 0 Å². The van der Waals surface area contributed by atoms with Crippen molar-refractivity contribution in [1.29, 1.82) is 0 Å². The summed E-state index contributed by atoms with van der Waals surface area (Å²) in [7, 11) is -4.03. The molecule has 1 aliphatic carbocycles. The number of primary sulfonamides is 1. The highest BCUT2D eigenvalue weighted by molar-refractivity contribution is 7.89. The van der Waals surface area contributed by atoms with Gasteiger partial charge in [0.2, 0.25) is 10.0 Å². The van der Waals surface area contributed by atoms with Gasteiger partial charge in [-0.05, 0) is 24.5 Å². The molecule has 1 aliphatic rings. The monoisotopic (exact) mass is 336 g/mol. The largest absolute Gasteiger partial charge is 0.352 e. The fourth-order valence-electron chi connectivity index (χ4n) is 1.83. The Bertz CT molecular complexity index is 642. The SMILES string of the molecule is NS(=O)(=O)c1cc(Cl)cc(C(=O)NCCC2CC2)c1Cl. The minimum Gasteiger partial charge on any atom is -0.352 e. The lowest BCUT2D eigenvalue weighted by Crippen LogP contribution is -2.26. The molecule has 0 unspecified atom stereocenters. The van der Waals surface area contributed by atoms with Gasteiger partial charge in [0.05, 0.1) is 10.6 Å². The summed E-state index contributed by atoms with van der Waals surface area (Å²) in [5.41, 5.74) is 0.0130. The van der Waals surface area contributed by atoms with Gasteiger partial charge in [0, 0.05) is 11.6 Å². The van der Waals surface area contributed by atoms with Gasteiger partial charge in [0.25, 0.3) is 5.91 Å². The predicted molar refractivity (Wildman–Crippen MR) is 77.5 cm³/mol. The Balaban J connectivity index is 2.21. The van der Waals surface area contributed by atoms with Crippen LogP contribution in [0.15, 0.2) is 17.0 Å². The number of hydrogen-bond donors (Lipinski definition) is 2. The van der Waals surface area contributed by atoms with Crippen LogP contribution in [0.25, 0.3) is 0 Å². The maximum Gasteiger partial charge on any atom is 0.252 e. The Morgan fingerprint density at radius 2 is 2.00 bits per heavy atom. The normalized spacial score (nSPS) is 15.2. The molecule has 0 atom stereocenters. The molecule has 1 fully saturated rings. The molecule has 3 N–H and O–H groups in total. The van der Waals surface area contributed by atoms with Crippen LogP contribution >= 0.6 is 23.2 Å². The van der Waals surface area contributed by atoms with Gasteiger partial charge in [-0.1, -0.05) is 36.0 Å². The lowest BCUT2D eigenvalue weighted by molar-refractivity contribution is 0.0952. The average Bonchev–Trinajstić information content (AvgIpc) is 3.14. The minimum atomic E-state index is -4.03. The van der Waals surface area contributed by atoms with Crippen molar-refractivity contribution in [3.05, 3.63) is 27.7 Å². The average molecular weight is 337 g/mol. The van der Waals surface area contributed by atoms with Crippen molar-refractivity contribution in [3.63, 3.8) is 0 Å². The third-order valence-corrected chi connectivity index (χ3v) is 4.76. The van der Waals surface area contributed by atoms with Crippen molar-refractivity contribution in [3.8, 4) is 0 Å². The summed E-state index contributed by atoms with van der Waals surface area (Å²) in [5, 5.41) is 7.62. The van der Waals surface area contributed by atoms with E-state index >= 15 is 0 Å². The smallest absolute Gasteiger partial charge is 0.252 e. The molecular weight excluding hydrogens is 323 g/mol. The van der Waals surface area contributed by atoms with Crippen molar-refractivity contribution >= 4 is 39.1 Å². The molecule has 110 valence electrons. The van der Waals surface area contributed by atoms with E-state index in [2.05, 4.69) is 5.32 Å². The molecule has 0 spiro atoms. The molecule has 20 heavy (non-hydrogen) atoms. The van der Waals surface area contributed by atoms with Crippen molar-refractivity contribution in [2.45, 2.75) is 24.2 Å². The molecular formula is C12H14Cl2N2O3S. The highest BCUT2D eigenvalue weighted by atomic mass is 35.5. The van der Waals surface area contributed by atoms with Crippen LogP contribution in [0.3, 0.4) is 0 Å². The summed E-state index contributed by atoms with van der Waals surface area (Å²) in [4.78, 5) is 11.7. The van der Waals surface area contributed by atoms with E-state index in [4.69, 9.17) is 28.3 Å². The lowest BCUT2D eigenvalue weighted by atomic mass is 10.2. The fraction of sp³-hybridized carbons (Fsp3) is 0.417. The summed E-state index contributed by atoms with van der Waals surface area (Å²) >= 11 is 11.7. The molecule has 0 radical (unpaired) electrons. The zero-order valence-electron chi connectivity index (χ0n) is 10.5. The summed E-state index contributed by atoms with van der Waals surface area (Å²) < 4.78 is 22.8. The first-order valence-corrected chi connectivity index (χ1v) is 8.39. The van der Waals surface area contributed by atoms with Gasteiger partial charge in [0.1, 0.15) is 4.90 Å². The molecule has 0 saturated heterocycles. The molecule has 8 heteroatoms. The number of halogens is 2. The van der Waals surface area contributed by atoms with Gasteiger partial charge in [-0.25, -0.2) is 13.6 Å². The fourth-order valence-corrected chi connectivity index (χ4v) is 3.28. The quantitative estimate of drug-likeness (QED) is 0.863. The van der Waals surface area contributed by atoms with Crippen LogP contribution in [-0.4, -0.2) is 20.9 Å². The Morgan fingerprint density at radius 1 is 1.35 bits per heavy atom. The van der Waals surface area contributed by atoms with Crippen LogP contribution in [0.1, 0.15) is 29.6 Å². The molecule has 0 bridgehead atoms. The Morgan fingerprint density at radius 3 is 2.55 bits per heavy atom. The van der Waals surface area contributed by atoms with Gasteiger partial charge in [-0.2, -0.15) is 0 Å². The summed E-state index contributed by atoms with van der Waals surface area (Å²) in [6, 6.07) is 2.45. The predicted octanol–water partition coefficient (Wildman–Crippen LogP) is 2.17. The number of sulfonamides is 1. The maximum atomic E-state index is 12.0. The second-order valence-electron chi connectivity index (χ2n) is 4.80. The minimum absolute atomic E-state index is 0.0130. The number of carbonyl (C=O) groups is 1. The molecule has 1 amide bonds. The van der Waals surface area contributed by atoms with Crippen LogP contribution in [-0.2, 0) is 10.0 Å². The highest BCUT2D eigenvalue weighted by Gasteiger charge is 2.23. The second-order valence-corrected chi connectivity index (χ2v) is 7.14.